The fourth-order valence-electron chi connectivity index (χ4n) is 1.49. The maximum atomic E-state index is 5.95. The molecule has 0 saturated heterocycles. The van der Waals surface area contributed by atoms with E-state index in [0.717, 1.165) is 25.1 Å². The number of halogens is 1. The van der Waals surface area contributed by atoms with Gasteiger partial charge in [0.2, 0.25) is 17.2 Å². The molecule has 5 nitrogen and oxygen atoms in total. The minimum absolute atomic E-state index is 0.229. The van der Waals surface area contributed by atoms with Gasteiger partial charge in [0.15, 0.2) is 0 Å². The van der Waals surface area contributed by atoms with Crippen LogP contribution in [0.4, 0.5) is 11.9 Å². The molecule has 0 saturated carbocycles. The standard InChI is InChI=1S/C12H22ClN5S/c1-5-7-14-11-15-10(13)16-12(17-11)18(3)9(2)6-8-19-4/h9H,5-8H2,1-4H3,(H,14,15,16,17). The van der Waals surface area contributed by atoms with Crippen molar-refractivity contribution in [2.75, 3.05) is 35.8 Å². The van der Waals surface area contributed by atoms with Crippen molar-refractivity contribution in [2.45, 2.75) is 32.7 Å². The van der Waals surface area contributed by atoms with E-state index < -0.39 is 0 Å². The molecule has 0 aliphatic heterocycles. The number of thioether (sulfide) groups is 1. The van der Waals surface area contributed by atoms with Crippen molar-refractivity contribution in [3.63, 3.8) is 0 Å². The zero-order chi connectivity index (χ0) is 14.3. The van der Waals surface area contributed by atoms with Crippen LogP contribution < -0.4 is 10.2 Å². The van der Waals surface area contributed by atoms with Gasteiger partial charge in [0, 0.05) is 19.6 Å². The Morgan fingerprint density at radius 1 is 1.37 bits per heavy atom. The maximum absolute atomic E-state index is 5.95. The molecule has 108 valence electrons. The van der Waals surface area contributed by atoms with E-state index in [0.29, 0.717) is 17.9 Å². The van der Waals surface area contributed by atoms with Crippen LogP contribution in [0.2, 0.25) is 5.28 Å². The van der Waals surface area contributed by atoms with Gasteiger partial charge in [-0.05, 0) is 43.4 Å². The van der Waals surface area contributed by atoms with Crippen LogP contribution in [-0.2, 0) is 0 Å². The summed E-state index contributed by atoms with van der Waals surface area (Å²) in [5.41, 5.74) is 0. The van der Waals surface area contributed by atoms with E-state index in [1.807, 2.05) is 23.7 Å². The van der Waals surface area contributed by atoms with Crippen LogP contribution in [0.25, 0.3) is 0 Å². The lowest BCUT2D eigenvalue weighted by Gasteiger charge is -2.24. The summed E-state index contributed by atoms with van der Waals surface area (Å²) in [7, 11) is 1.99. The maximum Gasteiger partial charge on any atom is 0.231 e. The molecule has 0 amide bonds. The third-order valence-electron chi connectivity index (χ3n) is 2.85. The first-order valence-electron chi connectivity index (χ1n) is 6.45. The lowest BCUT2D eigenvalue weighted by molar-refractivity contribution is 0.652. The molecule has 7 heteroatoms. The molecule has 1 N–H and O–H groups in total. The first-order chi connectivity index (χ1) is 9.08. The summed E-state index contributed by atoms with van der Waals surface area (Å²) in [4.78, 5) is 14.7. The second kappa shape index (κ2) is 8.43. The number of nitrogens with zero attached hydrogens (tertiary/aromatic N) is 4. The Bertz CT molecular complexity index is 390. The molecule has 0 radical (unpaired) electrons. The Balaban J connectivity index is 2.77. The van der Waals surface area contributed by atoms with Gasteiger partial charge in [-0.25, -0.2) is 0 Å². The Hall–Kier alpha value is -0.750. The smallest absolute Gasteiger partial charge is 0.231 e. The van der Waals surface area contributed by atoms with Crippen molar-refractivity contribution in [2.24, 2.45) is 0 Å². The number of rotatable bonds is 8. The molecule has 19 heavy (non-hydrogen) atoms. The van der Waals surface area contributed by atoms with Crippen molar-refractivity contribution >= 4 is 35.3 Å². The van der Waals surface area contributed by atoms with E-state index in [1.54, 1.807) is 0 Å². The first-order valence-corrected chi connectivity index (χ1v) is 8.22. The van der Waals surface area contributed by atoms with Crippen LogP contribution in [0.5, 0.6) is 0 Å². The fraction of sp³-hybridized carbons (Fsp3) is 0.750. The molecule has 0 aliphatic carbocycles. The SMILES string of the molecule is CCCNc1nc(Cl)nc(N(C)C(C)CCSC)n1. The van der Waals surface area contributed by atoms with Crippen molar-refractivity contribution < 1.29 is 0 Å². The van der Waals surface area contributed by atoms with E-state index in [9.17, 15) is 0 Å². The number of hydrogen-bond donors (Lipinski definition) is 1. The fourth-order valence-corrected chi connectivity index (χ4v) is 2.22. The quantitative estimate of drug-likeness (QED) is 0.797. The van der Waals surface area contributed by atoms with Crippen molar-refractivity contribution in [3.8, 4) is 0 Å². The highest BCUT2D eigenvalue weighted by molar-refractivity contribution is 7.98. The summed E-state index contributed by atoms with van der Waals surface area (Å²) >= 11 is 7.79. The van der Waals surface area contributed by atoms with Crippen molar-refractivity contribution in [3.05, 3.63) is 5.28 Å². The van der Waals surface area contributed by atoms with Crippen LogP contribution >= 0.6 is 23.4 Å². The molecule has 0 aromatic carbocycles. The summed E-state index contributed by atoms with van der Waals surface area (Å²) in [5, 5.41) is 3.36. The molecule has 1 atom stereocenters. The van der Waals surface area contributed by atoms with E-state index in [2.05, 4.69) is 40.4 Å². The van der Waals surface area contributed by atoms with E-state index in [-0.39, 0.29) is 5.28 Å². The number of aromatic nitrogens is 3. The van der Waals surface area contributed by atoms with E-state index >= 15 is 0 Å². The lowest BCUT2D eigenvalue weighted by atomic mass is 10.2. The minimum atomic E-state index is 0.229. The summed E-state index contributed by atoms with van der Waals surface area (Å²) in [6, 6.07) is 0.366. The Kier molecular flexibility index (Phi) is 7.23. The van der Waals surface area contributed by atoms with Crippen LogP contribution in [-0.4, -0.2) is 46.6 Å². The highest BCUT2D eigenvalue weighted by atomic mass is 35.5. The van der Waals surface area contributed by atoms with Gasteiger partial charge in [0.25, 0.3) is 0 Å². The Labute approximate surface area is 124 Å². The second-order valence-corrected chi connectivity index (χ2v) is 5.72. The van der Waals surface area contributed by atoms with Gasteiger partial charge in [0.1, 0.15) is 0 Å². The molecule has 1 unspecified atom stereocenters. The van der Waals surface area contributed by atoms with Gasteiger partial charge < -0.3 is 10.2 Å². The predicted molar refractivity (Wildman–Crippen MR) is 84.5 cm³/mol. The molecule has 0 aliphatic rings. The van der Waals surface area contributed by atoms with Gasteiger partial charge in [0.05, 0.1) is 0 Å². The molecular weight excluding hydrogens is 282 g/mol. The van der Waals surface area contributed by atoms with E-state index in [4.69, 9.17) is 11.6 Å². The molecule has 1 aromatic rings. The van der Waals surface area contributed by atoms with Crippen LogP contribution in [0, 0.1) is 0 Å². The first kappa shape index (κ1) is 16.3. The summed E-state index contributed by atoms with van der Waals surface area (Å²) in [5.74, 6) is 2.28. The normalized spacial score (nSPS) is 12.3. The molecule has 1 heterocycles. The number of hydrogen-bond acceptors (Lipinski definition) is 6. The van der Waals surface area contributed by atoms with Crippen molar-refractivity contribution in [1.82, 2.24) is 15.0 Å². The van der Waals surface area contributed by atoms with Gasteiger partial charge in [-0.1, -0.05) is 6.92 Å². The van der Waals surface area contributed by atoms with Crippen LogP contribution in [0.1, 0.15) is 26.7 Å². The van der Waals surface area contributed by atoms with Gasteiger partial charge in [-0.15, -0.1) is 0 Å². The summed E-state index contributed by atoms with van der Waals surface area (Å²) < 4.78 is 0. The topological polar surface area (TPSA) is 53.9 Å². The average Bonchev–Trinajstić information content (AvgIpc) is 2.41. The van der Waals surface area contributed by atoms with Crippen molar-refractivity contribution in [1.29, 1.82) is 0 Å². The van der Waals surface area contributed by atoms with Crippen LogP contribution in [0.15, 0.2) is 0 Å². The predicted octanol–water partition coefficient (Wildman–Crippen LogP) is 2.92. The zero-order valence-corrected chi connectivity index (χ0v) is 13.6. The lowest BCUT2D eigenvalue weighted by Crippen LogP contribution is -2.31. The summed E-state index contributed by atoms with van der Waals surface area (Å²) in [6.07, 6.45) is 4.20. The Morgan fingerprint density at radius 3 is 2.74 bits per heavy atom. The monoisotopic (exact) mass is 303 g/mol. The van der Waals surface area contributed by atoms with Gasteiger partial charge in [-0.2, -0.15) is 26.7 Å². The molecule has 0 bridgehead atoms. The van der Waals surface area contributed by atoms with E-state index in [1.165, 1.54) is 0 Å². The third-order valence-corrected chi connectivity index (χ3v) is 3.66. The van der Waals surface area contributed by atoms with Gasteiger partial charge in [-0.3, -0.25) is 0 Å². The zero-order valence-electron chi connectivity index (χ0n) is 12.0. The third kappa shape index (κ3) is 5.40. The second-order valence-electron chi connectivity index (χ2n) is 4.40. The number of nitrogens with one attached hydrogen (secondary N) is 1. The van der Waals surface area contributed by atoms with Gasteiger partial charge >= 0.3 is 0 Å². The largest absolute Gasteiger partial charge is 0.354 e. The van der Waals surface area contributed by atoms with Crippen LogP contribution in [0.3, 0.4) is 0 Å². The summed E-state index contributed by atoms with van der Waals surface area (Å²) in [6.45, 7) is 5.08. The minimum Gasteiger partial charge on any atom is -0.354 e. The Morgan fingerprint density at radius 2 is 2.11 bits per heavy atom. The molecular formula is C12H22ClN5S. The highest BCUT2D eigenvalue weighted by Gasteiger charge is 2.14. The number of anilines is 2. The highest BCUT2D eigenvalue weighted by Crippen LogP contribution is 2.16. The molecule has 1 aromatic heterocycles. The average molecular weight is 304 g/mol. The molecule has 1 rings (SSSR count). The molecule has 0 fully saturated rings. The molecule has 0 spiro atoms.